The molecule has 0 aliphatic heterocycles. The van der Waals surface area contributed by atoms with Crippen molar-refractivity contribution in [2.75, 3.05) is 0 Å². The summed E-state index contributed by atoms with van der Waals surface area (Å²) >= 11 is 0. The molecule has 0 amide bonds. The molecule has 0 saturated carbocycles. The molecule has 2 nitrogen and oxygen atoms in total. The van der Waals surface area contributed by atoms with E-state index in [1.54, 1.807) is 12.1 Å². The van der Waals surface area contributed by atoms with E-state index in [1.165, 1.54) is 6.07 Å². The van der Waals surface area contributed by atoms with E-state index in [-0.39, 0.29) is 12.2 Å². The van der Waals surface area contributed by atoms with Crippen molar-refractivity contribution in [2.24, 2.45) is 0 Å². The largest absolute Gasteiger partial charge is 0.435 e. The van der Waals surface area contributed by atoms with Crippen LogP contribution in [0.3, 0.4) is 0 Å². The van der Waals surface area contributed by atoms with Crippen molar-refractivity contribution in [3.8, 4) is 11.8 Å². The summed E-state index contributed by atoms with van der Waals surface area (Å²) in [5.74, 6) is 0.0870. The Bertz CT molecular complexity index is 575. The van der Waals surface area contributed by atoms with E-state index in [0.717, 1.165) is 10.8 Å². The van der Waals surface area contributed by atoms with Crippen molar-refractivity contribution < 1.29 is 13.5 Å². The van der Waals surface area contributed by atoms with Crippen LogP contribution in [0.25, 0.3) is 10.8 Å². The zero-order valence-electron chi connectivity index (χ0n) is 8.86. The summed E-state index contributed by atoms with van der Waals surface area (Å²) in [6, 6.07) is 12.4. The van der Waals surface area contributed by atoms with Gasteiger partial charge in [0, 0.05) is 0 Å². The second kappa shape index (κ2) is 4.79. The first-order chi connectivity index (χ1) is 8.20. The van der Waals surface area contributed by atoms with Gasteiger partial charge >= 0.3 is 6.61 Å². The monoisotopic (exact) mass is 233 g/mol. The molecule has 0 radical (unpaired) electrons. The molecule has 0 aliphatic carbocycles. The number of nitriles is 1. The van der Waals surface area contributed by atoms with Crippen molar-refractivity contribution in [1.82, 2.24) is 0 Å². The van der Waals surface area contributed by atoms with Gasteiger partial charge in [-0.15, -0.1) is 0 Å². The van der Waals surface area contributed by atoms with Crippen molar-refractivity contribution in [3.05, 3.63) is 42.0 Å². The molecular formula is C13H9F2NO. The maximum absolute atomic E-state index is 12.2. The SMILES string of the molecule is N#CCc1cc(OC(F)F)cc2ccccc12. The fraction of sp³-hybridized carbons (Fsp3) is 0.154. The molecule has 0 N–H and O–H groups in total. The van der Waals surface area contributed by atoms with E-state index in [1.807, 2.05) is 24.3 Å². The van der Waals surface area contributed by atoms with Crippen LogP contribution >= 0.6 is 0 Å². The van der Waals surface area contributed by atoms with E-state index in [0.29, 0.717) is 5.56 Å². The van der Waals surface area contributed by atoms with Crippen LogP contribution in [-0.4, -0.2) is 6.61 Å². The molecule has 0 bridgehead atoms. The summed E-state index contributed by atoms with van der Waals surface area (Å²) in [6.45, 7) is -2.86. The van der Waals surface area contributed by atoms with E-state index in [4.69, 9.17) is 5.26 Å². The number of benzene rings is 2. The number of hydrogen-bond donors (Lipinski definition) is 0. The molecule has 0 spiro atoms. The second-order valence-corrected chi connectivity index (χ2v) is 3.52. The first-order valence-electron chi connectivity index (χ1n) is 5.04. The average Bonchev–Trinajstić information content (AvgIpc) is 2.28. The minimum atomic E-state index is -2.86. The van der Waals surface area contributed by atoms with Crippen molar-refractivity contribution in [2.45, 2.75) is 13.0 Å². The van der Waals surface area contributed by atoms with Crippen LogP contribution in [0.5, 0.6) is 5.75 Å². The fourth-order valence-electron chi connectivity index (χ4n) is 1.76. The molecule has 0 atom stereocenters. The Hall–Kier alpha value is -2.15. The molecule has 2 aromatic rings. The van der Waals surface area contributed by atoms with Crippen LogP contribution < -0.4 is 4.74 Å². The van der Waals surface area contributed by atoms with Gasteiger partial charge in [0.2, 0.25) is 0 Å². The Balaban J connectivity index is 2.55. The van der Waals surface area contributed by atoms with Gasteiger partial charge in [-0.2, -0.15) is 14.0 Å². The Morgan fingerprint density at radius 3 is 2.71 bits per heavy atom. The van der Waals surface area contributed by atoms with Gasteiger partial charge in [0.05, 0.1) is 12.5 Å². The van der Waals surface area contributed by atoms with Crippen LogP contribution in [0.1, 0.15) is 5.56 Å². The molecule has 0 aliphatic rings. The predicted molar refractivity (Wildman–Crippen MR) is 59.9 cm³/mol. The third-order valence-corrected chi connectivity index (χ3v) is 2.42. The first-order valence-corrected chi connectivity index (χ1v) is 5.04. The molecule has 0 fully saturated rings. The summed E-state index contributed by atoms with van der Waals surface area (Å²) in [6.07, 6.45) is 0.168. The smallest absolute Gasteiger partial charge is 0.387 e. The van der Waals surface area contributed by atoms with Crippen molar-refractivity contribution in [3.63, 3.8) is 0 Å². The number of ether oxygens (including phenoxy) is 1. The topological polar surface area (TPSA) is 33.0 Å². The average molecular weight is 233 g/mol. The molecule has 0 saturated heterocycles. The molecule has 0 heterocycles. The summed E-state index contributed by atoms with van der Waals surface area (Å²) < 4.78 is 28.7. The van der Waals surface area contributed by atoms with Crippen LogP contribution in [0.4, 0.5) is 8.78 Å². The van der Waals surface area contributed by atoms with E-state index < -0.39 is 6.61 Å². The molecule has 17 heavy (non-hydrogen) atoms. The lowest BCUT2D eigenvalue weighted by atomic mass is 10.0. The lowest BCUT2D eigenvalue weighted by molar-refractivity contribution is -0.0497. The minimum Gasteiger partial charge on any atom is -0.435 e. The Morgan fingerprint density at radius 2 is 2.00 bits per heavy atom. The molecule has 86 valence electrons. The van der Waals surface area contributed by atoms with Crippen molar-refractivity contribution in [1.29, 1.82) is 5.26 Å². The zero-order valence-corrected chi connectivity index (χ0v) is 8.86. The number of rotatable bonds is 3. The third-order valence-electron chi connectivity index (χ3n) is 2.42. The van der Waals surface area contributed by atoms with Gasteiger partial charge in [0.25, 0.3) is 0 Å². The lowest BCUT2D eigenvalue weighted by Crippen LogP contribution is -2.02. The quantitative estimate of drug-likeness (QED) is 0.812. The lowest BCUT2D eigenvalue weighted by Gasteiger charge is -2.09. The molecule has 2 rings (SSSR count). The number of hydrogen-bond acceptors (Lipinski definition) is 2. The minimum absolute atomic E-state index is 0.0870. The van der Waals surface area contributed by atoms with Gasteiger partial charge in [-0.3, -0.25) is 0 Å². The standard InChI is InChI=1S/C13H9F2NO/c14-13(15)17-11-7-9-3-1-2-4-12(9)10(8-11)5-6-16/h1-4,7-8,13H,5H2. The number of halogens is 2. The number of nitrogens with zero attached hydrogens (tertiary/aromatic N) is 1. The number of fused-ring (bicyclic) bond motifs is 1. The fourth-order valence-corrected chi connectivity index (χ4v) is 1.76. The highest BCUT2D eigenvalue weighted by Crippen LogP contribution is 2.26. The normalized spacial score (nSPS) is 10.5. The van der Waals surface area contributed by atoms with Gasteiger partial charge in [-0.05, 0) is 28.5 Å². The van der Waals surface area contributed by atoms with Crippen LogP contribution in [0.15, 0.2) is 36.4 Å². The van der Waals surface area contributed by atoms with Crippen LogP contribution in [-0.2, 0) is 6.42 Å². The van der Waals surface area contributed by atoms with Crippen LogP contribution in [0, 0.1) is 11.3 Å². The molecule has 2 aromatic carbocycles. The highest BCUT2D eigenvalue weighted by Gasteiger charge is 2.08. The summed E-state index contributed by atoms with van der Waals surface area (Å²) in [5, 5.41) is 10.4. The summed E-state index contributed by atoms with van der Waals surface area (Å²) in [4.78, 5) is 0. The van der Waals surface area contributed by atoms with Gasteiger partial charge in [0.15, 0.2) is 0 Å². The predicted octanol–water partition coefficient (Wildman–Crippen LogP) is 3.51. The van der Waals surface area contributed by atoms with Gasteiger partial charge in [0.1, 0.15) is 5.75 Å². The Labute approximate surface area is 97.0 Å². The third kappa shape index (κ3) is 2.51. The molecule has 0 aromatic heterocycles. The second-order valence-electron chi connectivity index (χ2n) is 3.52. The highest BCUT2D eigenvalue weighted by molar-refractivity contribution is 5.87. The van der Waals surface area contributed by atoms with E-state index in [2.05, 4.69) is 4.74 Å². The number of alkyl halides is 2. The maximum Gasteiger partial charge on any atom is 0.387 e. The van der Waals surface area contributed by atoms with Crippen molar-refractivity contribution >= 4 is 10.8 Å². The molecule has 4 heteroatoms. The van der Waals surface area contributed by atoms with Gasteiger partial charge in [-0.1, -0.05) is 24.3 Å². The first kappa shape index (κ1) is 11.3. The Kier molecular flexibility index (Phi) is 3.20. The molecule has 0 unspecified atom stereocenters. The van der Waals surface area contributed by atoms with Gasteiger partial charge in [-0.25, -0.2) is 0 Å². The summed E-state index contributed by atoms with van der Waals surface area (Å²) in [7, 11) is 0. The Morgan fingerprint density at radius 1 is 1.24 bits per heavy atom. The molecular weight excluding hydrogens is 224 g/mol. The zero-order chi connectivity index (χ0) is 12.3. The maximum atomic E-state index is 12.2. The van der Waals surface area contributed by atoms with E-state index in [9.17, 15) is 8.78 Å². The summed E-state index contributed by atoms with van der Waals surface area (Å²) in [5.41, 5.74) is 0.696. The van der Waals surface area contributed by atoms with Crippen LogP contribution in [0.2, 0.25) is 0 Å². The van der Waals surface area contributed by atoms with Gasteiger partial charge < -0.3 is 4.74 Å². The highest BCUT2D eigenvalue weighted by atomic mass is 19.3. The van der Waals surface area contributed by atoms with E-state index >= 15 is 0 Å².